The number of aromatic nitrogens is 3. The van der Waals surface area contributed by atoms with Crippen molar-refractivity contribution in [2.45, 2.75) is 12.8 Å². The van der Waals surface area contributed by atoms with Crippen molar-refractivity contribution < 1.29 is 9.47 Å². The molecule has 0 saturated carbocycles. The minimum absolute atomic E-state index is 0.295. The highest BCUT2D eigenvalue weighted by Gasteiger charge is 2.17. The van der Waals surface area contributed by atoms with Crippen LogP contribution in [0.3, 0.4) is 0 Å². The van der Waals surface area contributed by atoms with Crippen LogP contribution in [0.2, 0.25) is 0 Å². The molecule has 0 radical (unpaired) electrons. The lowest BCUT2D eigenvalue weighted by Crippen LogP contribution is -2.21. The van der Waals surface area contributed by atoms with Gasteiger partial charge in [0.25, 0.3) is 0 Å². The van der Waals surface area contributed by atoms with Crippen molar-refractivity contribution in [1.82, 2.24) is 15.0 Å². The summed E-state index contributed by atoms with van der Waals surface area (Å²) in [7, 11) is 3.06. The van der Waals surface area contributed by atoms with Gasteiger partial charge in [-0.15, -0.1) is 4.98 Å². The number of methoxy groups -OCH3 is 2. The predicted octanol–water partition coefficient (Wildman–Crippen LogP) is 0.489. The first-order chi connectivity index (χ1) is 7.33. The number of hydrogen-bond acceptors (Lipinski definition) is 6. The summed E-state index contributed by atoms with van der Waals surface area (Å²) in [6.45, 7) is 1.96. The van der Waals surface area contributed by atoms with Crippen LogP contribution in [0.15, 0.2) is 0 Å². The van der Waals surface area contributed by atoms with Gasteiger partial charge in [-0.2, -0.15) is 9.97 Å². The van der Waals surface area contributed by atoms with Gasteiger partial charge in [0.15, 0.2) is 0 Å². The molecule has 6 nitrogen and oxygen atoms in total. The molecule has 1 aliphatic rings. The van der Waals surface area contributed by atoms with Crippen LogP contribution in [0.25, 0.3) is 0 Å². The molecule has 0 atom stereocenters. The molecule has 1 fully saturated rings. The molecule has 82 valence electrons. The molecule has 1 aromatic rings. The third-order valence-electron chi connectivity index (χ3n) is 2.34. The Balaban J connectivity index is 2.28. The normalized spacial score (nSPS) is 15.5. The largest absolute Gasteiger partial charge is 0.467 e. The van der Waals surface area contributed by atoms with E-state index in [0.717, 1.165) is 13.1 Å². The van der Waals surface area contributed by atoms with Gasteiger partial charge in [0.2, 0.25) is 5.95 Å². The van der Waals surface area contributed by atoms with Crippen LogP contribution in [0.5, 0.6) is 12.0 Å². The Morgan fingerprint density at radius 1 is 0.933 bits per heavy atom. The van der Waals surface area contributed by atoms with Crippen LogP contribution < -0.4 is 14.4 Å². The summed E-state index contributed by atoms with van der Waals surface area (Å²) in [6, 6.07) is 0.590. The van der Waals surface area contributed by atoms with Crippen LogP contribution in [-0.4, -0.2) is 42.3 Å². The number of ether oxygens (including phenoxy) is 2. The fourth-order valence-corrected chi connectivity index (χ4v) is 1.57. The smallest absolute Gasteiger partial charge is 0.324 e. The fraction of sp³-hybridized carbons (Fsp3) is 0.667. The van der Waals surface area contributed by atoms with Crippen molar-refractivity contribution in [2.75, 3.05) is 32.2 Å². The maximum atomic E-state index is 4.99. The minimum Gasteiger partial charge on any atom is -0.467 e. The van der Waals surface area contributed by atoms with Crippen molar-refractivity contribution in [2.24, 2.45) is 0 Å². The highest BCUT2D eigenvalue weighted by Crippen LogP contribution is 2.19. The predicted molar refractivity (Wildman–Crippen MR) is 54.4 cm³/mol. The first-order valence-corrected chi connectivity index (χ1v) is 4.92. The van der Waals surface area contributed by atoms with E-state index in [-0.39, 0.29) is 0 Å². The molecule has 0 N–H and O–H groups in total. The zero-order chi connectivity index (χ0) is 10.7. The van der Waals surface area contributed by atoms with E-state index in [2.05, 4.69) is 19.9 Å². The topological polar surface area (TPSA) is 60.4 Å². The Kier molecular flexibility index (Phi) is 2.84. The minimum atomic E-state index is 0.295. The third kappa shape index (κ3) is 2.08. The second kappa shape index (κ2) is 4.29. The lowest BCUT2D eigenvalue weighted by molar-refractivity contribution is 0.340. The van der Waals surface area contributed by atoms with Gasteiger partial charge in [-0.3, -0.25) is 0 Å². The highest BCUT2D eigenvalue weighted by molar-refractivity contribution is 5.33. The van der Waals surface area contributed by atoms with Gasteiger partial charge >= 0.3 is 12.0 Å². The van der Waals surface area contributed by atoms with Crippen LogP contribution in [0.4, 0.5) is 5.95 Å². The van der Waals surface area contributed by atoms with Gasteiger partial charge in [0.1, 0.15) is 0 Å². The van der Waals surface area contributed by atoms with Gasteiger partial charge in [-0.1, -0.05) is 0 Å². The highest BCUT2D eigenvalue weighted by atomic mass is 16.5. The van der Waals surface area contributed by atoms with Crippen LogP contribution in [-0.2, 0) is 0 Å². The van der Waals surface area contributed by atoms with Crippen LogP contribution >= 0.6 is 0 Å². The molecule has 0 aliphatic carbocycles. The van der Waals surface area contributed by atoms with E-state index in [9.17, 15) is 0 Å². The zero-order valence-electron chi connectivity index (χ0n) is 8.93. The van der Waals surface area contributed by atoms with Crippen molar-refractivity contribution in [1.29, 1.82) is 0 Å². The van der Waals surface area contributed by atoms with Gasteiger partial charge < -0.3 is 14.4 Å². The summed E-state index contributed by atoms with van der Waals surface area (Å²) in [5, 5.41) is 0. The van der Waals surface area contributed by atoms with E-state index in [4.69, 9.17) is 9.47 Å². The first-order valence-electron chi connectivity index (χ1n) is 4.92. The van der Waals surface area contributed by atoms with Crippen molar-refractivity contribution in [3.8, 4) is 12.0 Å². The summed E-state index contributed by atoms with van der Waals surface area (Å²) in [5.74, 6) is 0.635. The first kappa shape index (κ1) is 9.95. The molecular formula is C9H14N4O2. The Morgan fingerprint density at radius 3 is 1.93 bits per heavy atom. The molecule has 1 aliphatic heterocycles. The third-order valence-corrected chi connectivity index (χ3v) is 2.34. The molecule has 15 heavy (non-hydrogen) atoms. The fourth-order valence-electron chi connectivity index (χ4n) is 1.57. The number of anilines is 1. The molecule has 1 saturated heterocycles. The summed E-state index contributed by atoms with van der Waals surface area (Å²) in [6.07, 6.45) is 2.35. The second-order valence-electron chi connectivity index (χ2n) is 3.30. The summed E-state index contributed by atoms with van der Waals surface area (Å²) in [4.78, 5) is 14.4. The average molecular weight is 210 g/mol. The maximum Gasteiger partial charge on any atom is 0.324 e. The van der Waals surface area contributed by atoms with Gasteiger partial charge in [-0.05, 0) is 12.8 Å². The Morgan fingerprint density at radius 2 is 1.47 bits per heavy atom. The monoisotopic (exact) mass is 210 g/mol. The van der Waals surface area contributed by atoms with Crippen LogP contribution in [0.1, 0.15) is 12.8 Å². The summed E-state index contributed by atoms with van der Waals surface area (Å²) in [5.41, 5.74) is 0. The number of hydrogen-bond donors (Lipinski definition) is 0. The maximum absolute atomic E-state index is 4.99. The summed E-state index contributed by atoms with van der Waals surface area (Å²) >= 11 is 0. The van der Waals surface area contributed by atoms with E-state index in [1.54, 1.807) is 0 Å². The Labute approximate surface area is 88.3 Å². The molecule has 0 aromatic carbocycles. The van der Waals surface area contributed by atoms with E-state index in [1.807, 2.05) is 0 Å². The number of rotatable bonds is 3. The molecule has 0 amide bonds. The van der Waals surface area contributed by atoms with E-state index >= 15 is 0 Å². The SMILES string of the molecule is COc1nc(OC)nc(N2CCCC2)n1. The van der Waals surface area contributed by atoms with Crippen molar-refractivity contribution in [3.05, 3.63) is 0 Å². The molecular weight excluding hydrogens is 196 g/mol. The quantitative estimate of drug-likeness (QED) is 0.723. The van der Waals surface area contributed by atoms with Gasteiger partial charge in [-0.25, -0.2) is 0 Å². The standard InChI is InChI=1S/C9H14N4O2/c1-14-8-10-7(11-9(12-8)15-2)13-5-3-4-6-13/h3-6H2,1-2H3. The molecule has 0 spiro atoms. The van der Waals surface area contributed by atoms with Crippen molar-refractivity contribution in [3.63, 3.8) is 0 Å². The van der Waals surface area contributed by atoms with Gasteiger partial charge in [0.05, 0.1) is 14.2 Å². The Bertz CT molecular complexity index is 317. The summed E-state index contributed by atoms with van der Waals surface area (Å²) < 4.78 is 9.98. The van der Waals surface area contributed by atoms with Crippen molar-refractivity contribution >= 4 is 5.95 Å². The lowest BCUT2D eigenvalue weighted by Gasteiger charge is -2.15. The zero-order valence-corrected chi connectivity index (χ0v) is 8.93. The lowest BCUT2D eigenvalue weighted by atomic mass is 10.4. The molecule has 6 heteroatoms. The second-order valence-corrected chi connectivity index (χ2v) is 3.30. The van der Waals surface area contributed by atoms with E-state index in [1.165, 1.54) is 27.1 Å². The average Bonchev–Trinajstić information content (AvgIpc) is 2.81. The Hall–Kier alpha value is -1.59. The van der Waals surface area contributed by atoms with Gasteiger partial charge in [0, 0.05) is 13.1 Å². The molecule has 0 unspecified atom stereocenters. The molecule has 0 bridgehead atoms. The van der Waals surface area contributed by atoms with E-state index < -0.39 is 0 Å². The molecule has 2 heterocycles. The number of nitrogens with zero attached hydrogens (tertiary/aromatic N) is 4. The van der Waals surface area contributed by atoms with E-state index in [0.29, 0.717) is 18.0 Å². The van der Waals surface area contributed by atoms with Crippen LogP contribution in [0, 0.1) is 0 Å². The molecule has 2 rings (SSSR count). The molecule has 1 aromatic heterocycles.